The Morgan fingerprint density at radius 1 is 1.10 bits per heavy atom. The minimum Gasteiger partial charge on any atom is -0.308 e. The van der Waals surface area contributed by atoms with Crippen LogP contribution in [0.3, 0.4) is 0 Å². The van der Waals surface area contributed by atoms with Crippen LogP contribution in [0.1, 0.15) is 17.5 Å². The fourth-order valence-electron chi connectivity index (χ4n) is 2.46. The van der Waals surface area contributed by atoms with E-state index in [4.69, 9.17) is 0 Å². The summed E-state index contributed by atoms with van der Waals surface area (Å²) in [6.45, 7) is 0.492. The van der Waals surface area contributed by atoms with E-state index in [1.165, 1.54) is 12.1 Å². The third kappa shape index (κ3) is 2.70. The number of amides is 1. The quantitative estimate of drug-likeness (QED) is 0.723. The molecule has 0 aliphatic carbocycles. The fraction of sp³-hybridized carbons (Fsp3) is 0.188. The van der Waals surface area contributed by atoms with E-state index in [1.807, 2.05) is 24.3 Å². The van der Waals surface area contributed by atoms with Crippen molar-refractivity contribution >= 4 is 34.2 Å². The van der Waals surface area contributed by atoms with Crippen molar-refractivity contribution in [2.24, 2.45) is 0 Å². The van der Waals surface area contributed by atoms with Crippen molar-refractivity contribution in [3.05, 3.63) is 63.0 Å². The van der Waals surface area contributed by atoms with E-state index in [1.54, 1.807) is 11.0 Å². The first kappa shape index (κ1) is 13.5. The number of aryl methyl sites for hydroxylation is 1. The molecule has 0 saturated carbocycles. The third-order valence-electron chi connectivity index (χ3n) is 3.50. The molecule has 1 aliphatic rings. The van der Waals surface area contributed by atoms with Crippen LogP contribution in [0.2, 0.25) is 0 Å². The molecule has 1 amide bonds. The molecule has 0 saturated heterocycles. The molecule has 0 radical (unpaired) electrons. The van der Waals surface area contributed by atoms with Crippen LogP contribution in [0.25, 0.3) is 0 Å². The Morgan fingerprint density at radius 2 is 1.85 bits per heavy atom. The predicted molar refractivity (Wildman–Crippen MR) is 85.1 cm³/mol. The molecular weight excluding hydrogens is 368 g/mol. The van der Waals surface area contributed by atoms with Crippen molar-refractivity contribution in [2.45, 2.75) is 19.4 Å². The highest BCUT2D eigenvalue weighted by molar-refractivity contribution is 14.1. The van der Waals surface area contributed by atoms with Crippen molar-refractivity contribution in [3.63, 3.8) is 0 Å². The first-order valence-electron chi connectivity index (χ1n) is 6.47. The Kier molecular flexibility index (Phi) is 3.74. The van der Waals surface area contributed by atoms with Gasteiger partial charge < -0.3 is 4.90 Å². The van der Waals surface area contributed by atoms with Crippen molar-refractivity contribution < 1.29 is 9.18 Å². The molecule has 102 valence electrons. The molecule has 0 spiro atoms. The van der Waals surface area contributed by atoms with Crippen LogP contribution in [-0.2, 0) is 17.8 Å². The minimum absolute atomic E-state index is 0.0571. The van der Waals surface area contributed by atoms with Gasteiger partial charge in [-0.25, -0.2) is 4.39 Å². The molecule has 1 aliphatic heterocycles. The Balaban J connectivity index is 1.94. The summed E-state index contributed by atoms with van der Waals surface area (Å²) in [5.74, 6) is -0.243. The van der Waals surface area contributed by atoms with Gasteiger partial charge in [-0.1, -0.05) is 18.2 Å². The van der Waals surface area contributed by atoms with Crippen LogP contribution < -0.4 is 4.90 Å². The van der Waals surface area contributed by atoms with Crippen LogP contribution in [0.4, 0.5) is 10.1 Å². The molecule has 2 nitrogen and oxygen atoms in total. The molecular formula is C16H13FINO. The SMILES string of the molecule is O=C1CCc2ccc(F)cc2N1Cc1ccc(I)cc1. The molecule has 0 unspecified atom stereocenters. The maximum atomic E-state index is 13.4. The zero-order chi connectivity index (χ0) is 14.1. The van der Waals surface area contributed by atoms with Gasteiger partial charge in [-0.3, -0.25) is 4.79 Å². The average Bonchev–Trinajstić information content (AvgIpc) is 2.44. The molecule has 20 heavy (non-hydrogen) atoms. The van der Waals surface area contributed by atoms with Gasteiger partial charge in [0.15, 0.2) is 0 Å². The highest BCUT2D eigenvalue weighted by Gasteiger charge is 2.24. The summed E-state index contributed by atoms with van der Waals surface area (Å²) < 4.78 is 14.6. The van der Waals surface area contributed by atoms with E-state index in [0.717, 1.165) is 14.7 Å². The number of fused-ring (bicyclic) bond motifs is 1. The van der Waals surface area contributed by atoms with Crippen LogP contribution in [0, 0.1) is 9.39 Å². The van der Waals surface area contributed by atoms with Gasteiger partial charge >= 0.3 is 0 Å². The van der Waals surface area contributed by atoms with E-state index >= 15 is 0 Å². The topological polar surface area (TPSA) is 20.3 Å². The van der Waals surface area contributed by atoms with E-state index in [-0.39, 0.29) is 11.7 Å². The zero-order valence-electron chi connectivity index (χ0n) is 10.8. The monoisotopic (exact) mass is 381 g/mol. The second-order valence-electron chi connectivity index (χ2n) is 4.88. The lowest BCUT2D eigenvalue weighted by atomic mass is 10.0. The third-order valence-corrected chi connectivity index (χ3v) is 4.22. The summed E-state index contributed by atoms with van der Waals surface area (Å²) >= 11 is 2.25. The van der Waals surface area contributed by atoms with Crippen LogP contribution in [0.15, 0.2) is 42.5 Å². The zero-order valence-corrected chi connectivity index (χ0v) is 12.9. The van der Waals surface area contributed by atoms with Gasteiger partial charge in [0.25, 0.3) is 0 Å². The lowest BCUT2D eigenvalue weighted by molar-refractivity contribution is -0.119. The first-order chi connectivity index (χ1) is 9.63. The maximum Gasteiger partial charge on any atom is 0.227 e. The molecule has 2 aromatic rings. The molecule has 0 atom stereocenters. The second-order valence-corrected chi connectivity index (χ2v) is 6.13. The molecule has 4 heteroatoms. The normalized spacial score (nSPS) is 14.3. The summed E-state index contributed by atoms with van der Waals surface area (Å²) in [4.78, 5) is 13.8. The number of hydrogen-bond donors (Lipinski definition) is 0. The maximum absolute atomic E-state index is 13.4. The van der Waals surface area contributed by atoms with Crippen molar-refractivity contribution in [2.75, 3.05) is 4.90 Å². The number of carbonyl (C=O) groups is 1. The van der Waals surface area contributed by atoms with Gasteiger partial charge in [0, 0.05) is 9.99 Å². The second kappa shape index (κ2) is 5.52. The minimum atomic E-state index is -0.300. The summed E-state index contributed by atoms with van der Waals surface area (Å²) in [6.07, 6.45) is 1.18. The van der Waals surface area contributed by atoms with Crippen LogP contribution >= 0.6 is 22.6 Å². The average molecular weight is 381 g/mol. The van der Waals surface area contributed by atoms with Gasteiger partial charge in [0.1, 0.15) is 5.82 Å². The predicted octanol–water partition coefficient (Wildman–Crippen LogP) is 3.91. The van der Waals surface area contributed by atoms with E-state index < -0.39 is 0 Å². The number of halogens is 2. The molecule has 0 N–H and O–H groups in total. The Morgan fingerprint density at radius 3 is 2.60 bits per heavy atom. The van der Waals surface area contributed by atoms with Gasteiger partial charge in [0.05, 0.1) is 12.2 Å². The number of rotatable bonds is 2. The summed E-state index contributed by atoms with van der Waals surface area (Å²) in [5.41, 5.74) is 2.80. The number of anilines is 1. The first-order valence-corrected chi connectivity index (χ1v) is 7.54. The molecule has 2 aromatic carbocycles. The van der Waals surface area contributed by atoms with Gasteiger partial charge in [-0.15, -0.1) is 0 Å². The highest BCUT2D eigenvalue weighted by atomic mass is 127. The molecule has 0 bridgehead atoms. The Labute approximate surface area is 130 Å². The standard InChI is InChI=1S/C16H13FINO/c17-13-5-3-12-4-8-16(20)19(15(12)9-13)10-11-1-6-14(18)7-2-11/h1-3,5-7,9H,4,8,10H2. The van der Waals surface area contributed by atoms with Gasteiger partial charge in [-0.2, -0.15) is 0 Å². The molecule has 0 fully saturated rings. The Hall–Kier alpha value is -1.43. The largest absolute Gasteiger partial charge is 0.308 e. The smallest absolute Gasteiger partial charge is 0.227 e. The number of hydrogen-bond acceptors (Lipinski definition) is 1. The Bertz CT molecular complexity index is 654. The lowest BCUT2D eigenvalue weighted by Crippen LogP contribution is -2.34. The summed E-state index contributed by atoms with van der Waals surface area (Å²) in [7, 11) is 0. The summed E-state index contributed by atoms with van der Waals surface area (Å²) in [6, 6.07) is 12.7. The number of nitrogens with zero attached hydrogens (tertiary/aromatic N) is 1. The molecule has 3 rings (SSSR count). The number of benzene rings is 2. The highest BCUT2D eigenvalue weighted by Crippen LogP contribution is 2.30. The van der Waals surface area contributed by atoms with Crippen molar-refractivity contribution in [3.8, 4) is 0 Å². The van der Waals surface area contributed by atoms with Gasteiger partial charge in [-0.05, 0) is 64.4 Å². The van der Waals surface area contributed by atoms with E-state index in [0.29, 0.717) is 25.1 Å². The lowest BCUT2D eigenvalue weighted by Gasteiger charge is -2.29. The van der Waals surface area contributed by atoms with Gasteiger partial charge in [0.2, 0.25) is 5.91 Å². The molecule has 0 aromatic heterocycles. The van der Waals surface area contributed by atoms with Crippen LogP contribution in [-0.4, -0.2) is 5.91 Å². The summed E-state index contributed by atoms with van der Waals surface area (Å²) in [5, 5.41) is 0. The fourth-order valence-corrected chi connectivity index (χ4v) is 2.82. The van der Waals surface area contributed by atoms with Crippen molar-refractivity contribution in [1.29, 1.82) is 0 Å². The molecule has 1 heterocycles. The van der Waals surface area contributed by atoms with E-state index in [9.17, 15) is 9.18 Å². The van der Waals surface area contributed by atoms with E-state index in [2.05, 4.69) is 22.6 Å². The number of carbonyl (C=O) groups excluding carboxylic acids is 1. The van der Waals surface area contributed by atoms with Crippen LogP contribution in [0.5, 0.6) is 0 Å². The van der Waals surface area contributed by atoms with Crippen molar-refractivity contribution in [1.82, 2.24) is 0 Å².